The van der Waals surface area contributed by atoms with Crippen molar-refractivity contribution in [3.63, 3.8) is 0 Å². The van der Waals surface area contributed by atoms with Crippen LogP contribution in [0.1, 0.15) is 31.9 Å². The molecule has 3 nitrogen and oxygen atoms in total. The van der Waals surface area contributed by atoms with Gasteiger partial charge in [0.2, 0.25) is 0 Å². The molecule has 4 heteroatoms. The molecule has 84 valence electrons. The lowest BCUT2D eigenvalue weighted by Gasteiger charge is -2.20. The summed E-state index contributed by atoms with van der Waals surface area (Å²) in [7, 11) is 0. The fourth-order valence-electron chi connectivity index (χ4n) is 1.14. The third kappa shape index (κ3) is 4.34. The lowest BCUT2D eigenvalue weighted by atomic mass is 10.1. The van der Waals surface area contributed by atoms with Gasteiger partial charge >= 0.3 is 0 Å². The molecule has 0 saturated carbocycles. The van der Waals surface area contributed by atoms with E-state index in [0.717, 1.165) is 0 Å². The molecule has 0 aromatic carbocycles. The first-order valence-electron chi connectivity index (χ1n) is 4.98. The van der Waals surface area contributed by atoms with Crippen molar-refractivity contribution in [2.45, 2.75) is 39.8 Å². The van der Waals surface area contributed by atoms with E-state index in [0.29, 0.717) is 12.5 Å². The van der Waals surface area contributed by atoms with Crippen LogP contribution in [0.3, 0.4) is 0 Å². The Balaban J connectivity index is 2.55. The number of thiophene rings is 1. The van der Waals surface area contributed by atoms with Crippen molar-refractivity contribution < 1.29 is 0 Å². The number of guanidine groups is 1. The molecule has 0 atom stereocenters. The van der Waals surface area contributed by atoms with E-state index in [2.05, 4.69) is 48.8 Å². The number of hydrogen-bond donors (Lipinski definition) is 2. The van der Waals surface area contributed by atoms with Crippen LogP contribution in [0.25, 0.3) is 0 Å². The molecule has 0 aliphatic rings. The number of aryl methyl sites for hydroxylation is 1. The Morgan fingerprint density at radius 3 is 2.60 bits per heavy atom. The van der Waals surface area contributed by atoms with Crippen molar-refractivity contribution in [3.8, 4) is 0 Å². The van der Waals surface area contributed by atoms with Crippen LogP contribution in [-0.4, -0.2) is 11.5 Å². The molecule has 0 aliphatic heterocycles. The number of rotatable bonds is 2. The van der Waals surface area contributed by atoms with Gasteiger partial charge in [-0.3, -0.25) is 0 Å². The third-order valence-electron chi connectivity index (χ3n) is 1.88. The SMILES string of the molecule is Cc1cscc1CN=C(N)NC(C)(C)C. The molecule has 1 aromatic rings. The van der Waals surface area contributed by atoms with Crippen LogP contribution >= 0.6 is 11.3 Å². The summed E-state index contributed by atoms with van der Waals surface area (Å²) in [5.41, 5.74) is 8.27. The molecule has 0 unspecified atom stereocenters. The highest BCUT2D eigenvalue weighted by Gasteiger charge is 2.09. The molecule has 1 aromatic heterocycles. The van der Waals surface area contributed by atoms with E-state index in [1.54, 1.807) is 11.3 Å². The van der Waals surface area contributed by atoms with E-state index in [1.807, 2.05) is 0 Å². The molecule has 1 rings (SSSR count). The van der Waals surface area contributed by atoms with Gasteiger partial charge in [-0.1, -0.05) is 0 Å². The quantitative estimate of drug-likeness (QED) is 0.599. The fraction of sp³-hybridized carbons (Fsp3) is 0.545. The summed E-state index contributed by atoms with van der Waals surface area (Å²) in [6, 6.07) is 0. The first-order chi connectivity index (χ1) is 6.88. The Bertz CT molecular complexity index is 347. The first-order valence-corrected chi connectivity index (χ1v) is 5.92. The van der Waals surface area contributed by atoms with Crippen molar-refractivity contribution in [1.29, 1.82) is 0 Å². The van der Waals surface area contributed by atoms with E-state index in [4.69, 9.17) is 5.73 Å². The molecule has 15 heavy (non-hydrogen) atoms. The lowest BCUT2D eigenvalue weighted by Crippen LogP contribution is -2.44. The van der Waals surface area contributed by atoms with E-state index in [1.165, 1.54) is 11.1 Å². The van der Waals surface area contributed by atoms with Crippen molar-refractivity contribution in [1.82, 2.24) is 5.32 Å². The van der Waals surface area contributed by atoms with Crippen LogP contribution < -0.4 is 11.1 Å². The van der Waals surface area contributed by atoms with Gasteiger partial charge in [0.1, 0.15) is 0 Å². The van der Waals surface area contributed by atoms with E-state index in [9.17, 15) is 0 Å². The average Bonchev–Trinajstić information content (AvgIpc) is 2.44. The van der Waals surface area contributed by atoms with Crippen molar-refractivity contribution in [3.05, 3.63) is 21.9 Å². The second-order valence-electron chi connectivity index (χ2n) is 4.66. The van der Waals surface area contributed by atoms with Crippen LogP contribution in [0.5, 0.6) is 0 Å². The lowest BCUT2D eigenvalue weighted by molar-refractivity contribution is 0.508. The van der Waals surface area contributed by atoms with Gasteiger partial charge < -0.3 is 11.1 Å². The maximum Gasteiger partial charge on any atom is 0.189 e. The highest BCUT2D eigenvalue weighted by atomic mass is 32.1. The number of aliphatic imine (C=N–C) groups is 1. The molecule has 1 heterocycles. The van der Waals surface area contributed by atoms with Crippen LogP contribution in [0.4, 0.5) is 0 Å². The number of nitrogens with zero attached hydrogens (tertiary/aromatic N) is 1. The number of nitrogens with two attached hydrogens (primary N) is 1. The Hall–Kier alpha value is -1.03. The minimum atomic E-state index is -0.0305. The second-order valence-corrected chi connectivity index (χ2v) is 5.40. The van der Waals surface area contributed by atoms with Crippen molar-refractivity contribution in [2.24, 2.45) is 10.7 Å². The maximum absolute atomic E-state index is 5.77. The Kier molecular flexibility index (Phi) is 3.74. The summed E-state index contributed by atoms with van der Waals surface area (Å²) in [5, 5.41) is 7.37. The van der Waals surface area contributed by atoms with Crippen LogP contribution in [0.2, 0.25) is 0 Å². The Morgan fingerprint density at radius 1 is 1.47 bits per heavy atom. The molecule has 0 aliphatic carbocycles. The highest BCUT2D eigenvalue weighted by Crippen LogP contribution is 2.14. The van der Waals surface area contributed by atoms with Crippen LogP contribution in [-0.2, 0) is 6.54 Å². The van der Waals surface area contributed by atoms with Gasteiger partial charge in [0.05, 0.1) is 6.54 Å². The molecular weight excluding hydrogens is 206 g/mol. The summed E-state index contributed by atoms with van der Waals surface area (Å²) in [6.45, 7) is 8.93. The molecule has 0 spiro atoms. The van der Waals surface area contributed by atoms with Gasteiger partial charge in [0, 0.05) is 5.54 Å². The second kappa shape index (κ2) is 4.66. The smallest absolute Gasteiger partial charge is 0.189 e. The van der Waals surface area contributed by atoms with E-state index in [-0.39, 0.29) is 5.54 Å². The molecule has 0 saturated heterocycles. The number of nitrogens with one attached hydrogen (secondary N) is 1. The van der Waals surface area contributed by atoms with Gasteiger partial charge in [-0.2, -0.15) is 11.3 Å². The summed E-state index contributed by atoms with van der Waals surface area (Å²) >= 11 is 1.70. The molecule has 3 N–H and O–H groups in total. The largest absolute Gasteiger partial charge is 0.370 e. The van der Waals surface area contributed by atoms with Crippen molar-refractivity contribution >= 4 is 17.3 Å². The predicted molar refractivity (Wildman–Crippen MR) is 67.3 cm³/mol. The molecular formula is C11H19N3S. The average molecular weight is 225 g/mol. The molecule has 0 radical (unpaired) electrons. The number of hydrogen-bond acceptors (Lipinski definition) is 2. The minimum absolute atomic E-state index is 0.0305. The summed E-state index contributed by atoms with van der Waals surface area (Å²) in [5.74, 6) is 0.508. The Labute approximate surface area is 95.4 Å². The van der Waals surface area contributed by atoms with E-state index < -0.39 is 0 Å². The van der Waals surface area contributed by atoms with Gasteiger partial charge in [-0.25, -0.2) is 4.99 Å². The summed E-state index contributed by atoms with van der Waals surface area (Å²) in [4.78, 5) is 4.30. The zero-order valence-electron chi connectivity index (χ0n) is 9.79. The fourth-order valence-corrected chi connectivity index (χ4v) is 1.99. The van der Waals surface area contributed by atoms with E-state index >= 15 is 0 Å². The van der Waals surface area contributed by atoms with Crippen LogP contribution in [0, 0.1) is 6.92 Å². The molecule has 0 bridgehead atoms. The van der Waals surface area contributed by atoms with Crippen LogP contribution in [0.15, 0.2) is 15.8 Å². The standard InChI is InChI=1S/C11H19N3S/c1-8-6-15-7-9(8)5-13-10(12)14-11(2,3)4/h6-7H,5H2,1-4H3,(H3,12,13,14). The predicted octanol–water partition coefficient (Wildman–Crippen LogP) is 2.26. The van der Waals surface area contributed by atoms with Gasteiger partial charge in [0.15, 0.2) is 5.96 Å². The third-order valence-corrected chi connectivity index (χ3v) is 2.79. The topological polar surface area (TPSA) is 50.4 Å². The maximum atomic E-state index is 5.77. The van der Waals surface area contributed by atoms with Gasteiger partial charge in [0.25, 0.3) is 0 Å². The normalized spacial score (nSPS) is 12.9. The van der Waals surface area contributed by atoms with Gasteiger partial charge in [-0.15, -0.1) is 0 Å². The van der Waals surface area contributed by atoms with Crippen molar-refractivity contribution in [2.75, 3.05) is 0 Å². The molecule has 0 amide bonds. The first kappa shape index (κ1) is 12.0. The Morgan fingerprint density at radius 2 is 2.13 bits per heavy atom. The zero-order chi connectivity index (χ0) is 11.5. The monoisotopic (exact) mass is 225 g/mol. The zero-order valence-corrected chi connectivity index (χ0v) is 10.6. The summed E-state index contributed by atoms with van der Waals surface area (Å²) in [6.07, 6.45) is 0. The molecule has 0 fully saturated rings. The summed E-state index contributed by atoms with van der Waals surface area (Å²) < 4.78 is 0. The minimum Gasteiger partial charge on any atom is -0.370 e. The highest BCUT2D eigenvalue weighted by molar-refractivity contribution is 7.08. The van der Waals surface area contributed by atoms with Gasteiger partial charge in [-0.05, 0) is 49.6 Å².